The monoisotopic (exact) mass is 324 g/mol. The van der Waals surface area contributed by atoms with Gasteiger partial charge in [-0.15, -0.1) is 0 Å². The highest BCUT2D eigenvalue weighted by atomic mass is 14.4. The van der Waals surface area contributed by atoms with Gasteiger partial charge in [0.2, 0.25) is 0 Å². The molecule has 132 valence electrons. The van der Waals surface area contributed by atoms with E-state index in [4.69, 9.17) is 0 Å². The maximum atomic E-state index is 2.56. The molecular formula is C24H36. The normalized spacial score (nSPS) is 28.4. The van der Waals surface area contributed by atoms with Crippen LogP contribution in [0.15, 0.2) is 46.6 Å². The molecule has 0 aromatic heterocycles. The molecule has 0 aromatic rings. The molecule has 2 atom stereocenters. The summed E-state index contributed by atoms with van der Waals surface area (Å²) in [6.07, 6.45) is 17.7. The Hall–Kier alpha value is -1.04. The van der Waals surface area contributed by atoms with E-state index < -0.39 is 0 Å². The Kier molecular flexibility index (Phi) is 4.71. The minimum Gasteiger partial charge on any atom is -0.0808 e. The zero-order valence-electron chi connectivity index (χ0n) is 16.7. The van der Waals surface area contributed by atoms with Gasteiger partial charge in [-0.25, -0.2) is 0 Å². The summed E-state index contributed by atoms with van der Waals surface area (Å²) < 4.78 is 0. The fourth-order valence-electron chi connectivity index (χ4n) is 4.80. The second kappa shape index (κ2) is 6.36. The van der Waals surface area contributed by atoms with Gasteiger partial charge >= 0.3 is 0 Å². The minimum atomic E-state index is 0.305. The Balaban J connectivity index is 1.94. The highest BCUT2D eigenvalue weighted by Gasteiger charge is 2.30. The molecule has 0 aliphatic heterocycles. The Bertz CT molecular complexity index is 607. The lowest BCUT2D eigenvalue weighted by Gasteiger charge is -2.36. The highest BCUT2D eigenvalue weighted by molar-refractivity contribution is 5.38. The summed E-state index contributed by atoms with van der Waals surface area (Å²) in [6, 6.07) is 0. The SMILES string of the molecule is CC(C)(C)C1=CC2=CC[C@@H]1CC[C@@H]1C=CC(=C(C(C)(C)C)C1)CC2. The van der Waals surface area contributed by atoms with E-state index in [0.717, 1.165) is 11.8 Å². The first-order valence-corrected chi connectivity index (χ1v) is 9.96. The van der Waals surface area contributed by atoms with E-state index in [1.165, 1.54) is 38.5 Å². The van der Waals surface area contributed by atoms with Gasteiger partial charge in [-0.3, -0.25) is 0 Å². The van der Waals surface area contributed by atoms with E-state index in [0.29, 0.717) is 10.8 Å². The summed E-state index contributed by atoms with van der Waals surface area (Å²) in [7, 11) is 0. The van der Waals surface area contributed by atoms with E-state index >= 15 is 0 Å². The van der Waals surface area contributed by atoms with Crippen molar-refractivity contribution < 1.29 is 0 Å². The van der Waals surface area contributed by atoms with Crippen LogP contribution in [-0.2, 0) is 0 Å². The first kappa shape index (κ1) is 17.8. The van der Waals surface area contributed by atoms with Crippen molar-refractivity contribution >= 4 is 0 Å². The molecule has 0 N–H and O–H groups in total. The zero-order valence-corrected chi connectivity index (χ0v) is 16.7. The lowest BCUT2D eigenvalue weighted by atomic mass is 9.69. The summed E-state index contributed by atoms with van der Waals surface area (Å²) in [4.78, 5) is 0. The van der Waals surface area contributed by atoms with E-state index in [1.54, 1.807) is 22.3 Å². The molecule has 0 spiro atoms. The lowest BCUT2D eigenvalue weighted by molar-refractivity contribution is 0.367. The van der Waals surface area contributed by atoms with Gasteiger partial charge in [0, 0.05) is 0 Å². The Labute approximate surface area is 149 Å². The van der Waals surface area contributed by atoms with Crippen molar-refractivity contribution in [1.29, 1.82) is 0 Å². The van der Waals surface area contributed by atoms with Crippen molar-refractivity contribution in [2.75, 3.05) is 0 Å². The topological polar surface area (TPSA) is 0 Å². The molecule has 0 radical (unpaired) electrons. The van der Waals surface area contributed by atoms with E-state index in [-0.39, 0.29) is 0 Å². The van der Waals surface area contributed by atoms with Crippen LogP contribution in [0.5, 0.6) is 0 Å². The summed E-state index contributed by atoms with van der Waals surface area (Å²) in [6.45, 7) is 14.4. The van der Waals surface area contributed by atoms with Crippen LogP contribution in [0, 0.1) is 22.7 Å². The molecule has 0 fully saturated rings. The third kappa shape index (κ3) is 3.79. The average molecular weight is 325 g/mol. The molecule has 24 heavy (non-hydrogen) atoms. The molecule has 6 aliphatic carbocycles. The van der Waals surface area contributed by atoms with Gasteiger partial charge in [-0.2, -0.15) is 0 Å². The van der Waals surface area contributed by atoms with Gasteiger partial charge in [0.1, 0.15) is 0 Å². The molecule has 0 unspecified atom stereocenters. The molecule has 0 heteroatoms. The lowest BCUT2D eigenvalue weighted by Crippen LogP contribution is -2.23. The summed E-state index contributed by atoms with van der Waals surface area (Å²) >= 11 is 0. The molecule has 0 heterocycles. The van der Waals surface area contributed by atoms with Gasteiger partial charge in [0.15, 0.2) is 0 Å². The van der Waals surface area contributed by atoms with Crippen LogP contribution in [0.3, 0.4) is 0 Å². The van der Waals surface area contributed by atoms with Crippen LogP contribution in [0.1, 0.15) is 80.1 Å². The first-order valence-electron chi connectivity index (χ1n) is 9.96. The molecule has 0 saturated heterocycles. The number of rotatable bonds is 0. The van der Waals surface area contributed by atoms with Crippen molar-refractivity contribution in [3.8, 4) is 0 Å². The Morgan fingerprint density at radius 1 is 0.917 bits per heavy atom. The fraction of sp³-hybridized carbons (Fsp3) is 0.667. The first-order chi connectivity index (χ1) is 11.1. The van der Waals surface area contributed by atoms with Crippen LogP contribution in [0.25, 0.3) is 0 Å². The second-order valence-electron chi connectivity index (χ2n) is 10.2. The predicted octanol–water partition coefficient (Wildman–Crippen LogP) is 7.40. The molecule has 4 bridgehead atoms. The van der Waals surface area contributed by atoms with E-state index in [2.05, 4.69) is 65.8 Å². The minimum absolute atomic E-state index is 0.305. The van der Waals surface area contributed by atoms with Gasteiger partial charge in [0.05, 0.1) is 0 Å². The van der Waals surface area contributed by atoms with Crippen molar-refractivity contribution in [3.63, 3.8) is 0 Å². The molecule has 0 nitrogen and oxygen atoms in total. The zero-order chi connectivity index (χ0) is 17.5. The van der Waals surface area contributed by atoms with Crippen LogP contribution >= 0.6 is 0 Å². The van der Waals surface area contributed by atoms with E-state index in [9.17, 15) is 0 Å². The quantitative estimate of drug-likeness (QED) is 0.435. The van der Waals surface area contributed by atoms with Crippen molar-refractivity contribution in [2.45, 2.75) is 80.1 Å². The highest BCUT2D eigenvalue weighted by Crippen LogP contribution is 2.45. The molecule has 6 rings (SSSR count). The van der Waals surface area contributed by atoms with Crippen LogP contribution in [0.2, 0.25) is 0 Å². The van der Waals surface area contributed by atoms with Gasteiger partial charge < -0.3 is 0 Å². The molecule has 0 aromatic carbocycles. The summed E-state index contributed by atoms with van der Waals surface area (Å²) in [5.74, 6) is 1.50. The van der Waals surface area contributed by atoms with Gasteiger partial charge in [-0.05, 0) is 66.8 Å². The number of hydrogen-bond acceptors (Lipinski definition) is 0. The average Bonchev–Trinajstić information content (AvgIpc) is 2.47. The van der Waals surface area contributed by atoms with Crippen LogP contribution < -0.4 is 0 Å². The molecule has 0 saturated carbocycles. The molecule has 0 amide bonds. The van der Waals surface area contributed by atoms with Gasteiger partial charge in [0.25, 0.3) is 0 Å². The Morgan fingerprint density at radius 2 is 1.67 bits per heavy atom. The van der Waals surface area contributed by atoms with Gasteiger partial charge in [-0.1, -0.05) is 82.6 Å². The third-order valence-electron chi connectivity index (χ3n) is 6.21. The van der Waals surface area contributed by atoms with Crippen molar-refractivity contribution in [3.05, 3.63) is 46.6 Å². The maximum absolute atomic E-state index is 2.56. The number of allylic oxidation sites excluding steroid dienone is 8. The molecule has 6 aliphatic rings. The molecular weight excluding hydrogens is 288 g/mol. The predicted molar refractivity (Wildman–Crippen MR) is 106 cm³/mol. The number of hydrogen-bond donors (Lipinski definition) is 0. The van der Waals surface area contributed by atoms with Crippen LogP contribution in [0.4, 0.5) is 0 Å². The smallest absolute Gasteiger partial charge is 0.0160 e. The third-order valence-corrected chi connectivity index (χ3v) is 6.21. The van der Waals surface area contributed by atoms with Crippen molar-refractivity contribution in [2.24, 2.45) is 22.7 Å². The van der Waals surface area contributed by atoms with Crippen LogP contribution in [-0.4, -0.2) is 0 Å². The van der Waals surface area contributed by atoms with Crippen molar-refractivity contribution in [1.82, 2.24) is 0 Å². The summed E-state index contributed by atoms with van der Waals surface area (Å²) in [5.41, 5.74) is 7.22. The largest absolute Gasteiger partial charge is 0.0808 e. The maximum Gasteiger partial charge on any atom is -0.0160 e. The summed E-state index contributed by atoms with van der Waals surface area (Å²) in [5, 5.41) is 0. The fourth-order valence-corrected chi connectivity index (χ4v) is 4.80. The Morgan fingerprint density at radius 3 is 2.33 bits per heavy atom. The second-order valence-corrected chi connectivity index (χ2v) is 10.2. The standard InChI is InChI=1S/C24H36/c1-23(2,3)21-15-17-7-11-19(21)13-9-18-8-12-20(14-10-17)22(16-18)24(4,5)6/h7-8,11,16-17,20H,9-10,12-15H2,1-6H3/t17-,20+/m0/s1. The van der Waals surface area contributed by atoms with E-state index in [1.807, 2.05) is 0 Å².